The molecule has 2 aromatic heterocycles. The highest BCUT2D eigenvalue weighted by Crippen LogP contribution is 2.29. The maximum Gasteiger partial charge on any atom is 0.263 e. The Labute approximate surface area is 189 Å². The number of benzene rings is 3. The molecule has 0 atom stereocenters. The zero-order valence-electron chi connectivity index (χ0n) is 17.6. The molecule has 0 saturated carbocycles. The van der Waals surface area contributed by atoms with Crippen LogP contribution in [0.2, 0.25) is 0 Å². The Morgan fingerprint density at radius 2 is 1.76 bits per heavy atom. The molecular weight excluding hydrogens is 416 g/mol. The monoisotopic (exact) mass is 436 g/mol. The molecule has 0 aliphatic rings. The first-order chi connectivity index (χ1) is 16.2. The summed E-state index contributed by atoms with van der Waals surface area (Å²) in [6.45, 7) is 0.425. The molecule has 0 fully saturated rings. The summed E-state index contributed by atoms with van der Waals surface area (Å²) in [6.07, 6.45) is 0. The normalized spacial score (nSPS) is 10.8. The number of anilines is 2. The fraction of sp³-hybridized carbons (Fsp3) is 0.0385. The van der Waals surface area contributed by atoms with Gasteiger partial charge in [-0.1, -0.05) is 65.8 Å². The van der Waals surface area contributed by atoms with Crippen LogP contribution < -0.4 is 15.8 Å². The van der Waals surface area contributed by atoms with Crippen molar-refractivity contribution in [2.45, 2.75) is 6.61 Å². The van der Waals surface area contributed by atoms with Crippen molar-refractivity contribution in [1.82, 2.24) is 10.1 Å². The van der Waals surface area contributed by atoms with E-state index in [0.29, 0.717) is 23.7 Å². The lowest BCUT2D eigenvalue weighted by Gasteiger charge is -2.09. The lowest BCUT2D eigenvalue weighted by atomic mass is 10.1. The van der Waals surface area contributed by atoms with Crippen molar-refractivity contribution < 1.29 is 14.1 Å². The molecule has 3 N–H and O–H groups in total. The lowest BCUT2D eigenvalue weighted by molar-refractivity contribution is 0.102. The number of nitrogens with one attached hydrogen (secondary N) is 1. The average molecular weight is 436 g/mol. The topological polar surface area (TPSA) is 103 Å². The molecule has 33 heavy (non-hydrogen) atoms. The molecule has 0 aliphatic carbocycles. The van der Waals surface area contributed by atoms with Crippen LogP contribution in [0.1, 0.15) is 15.9 Å². The second-order valence-corrected chi connectivity index (χ2v) is 7.42. The number of nitrogens with zero attached hydrogens (tertiary/aromatic N) is 2. The number of hydrogen-bond donors (Lipinski definition) is 2. The Hall–Kier alpha value is -4.65. The van der Waals surface area contributed by atoms with Gasteiger partial charge in [-0.3, -0.25) is 4.79 Å². The Bertz CT molecular complexity index is 1430. The Morgan fingerprint density at radius 3 is 2.64 bits per heavy atom. The van der Waals surface area contributed by atoms with Crippen molar-refractivity contribution in [1.29, 1.82) is 0 Å². The van der Waals surface area contributed by atoms with Gasteiger partial charge in [0.05, 0.1) is 11.2 Å². The fourth-order valence-electron chi connectivity index (χ4n) is 3.49. The minimum absolute atomic E-state index is 0.0751. The lowest BCUT2D eigenvalue weighted by Crippen LogP contribution is -2.14. The molecule has 5 aromatic rings. The number of aromatic nitrogens is 2. The molecule has 7 nitrogen and oxygen atoms in total. The van der Waals surface area contributed by atoms with Crippen molar-refractivity contribution in [3.63, 3.8) is 0 Å². The van der Waals surface area contributed by atoms with Gasteiger partial charge in [-0.2, -0.15) is 0 Å². The maximum atomic E-state index is 13.1. The average Bonchev–Trinajstić information content (AvgIpc) is 3.25. The minimum atomic E-state index is -0.445. The molecule has 0 saturated heterocycles. The molecule has 1 amide bonds. The van der Waals surface area contributed by atoms with Crippen LogP contribution in [0.4, 0.5) is 11.6 Å². The number of amides is 1. The number of nitrogens with two attached hydrogens (primary N) is 1. The molecule has 2 heterocycles. The highest BCUT2D eigenvalue weighted by Gasteiger charge is 2.24. The van der Waals surface area contributed by atoms with Crippen LogP contribution in [-0.4, -0.2) is 16.0 Å². The molecule has 162 valence electrons. The third kappa shape index (κ3) is 4.38. The number of carbonyl (C=O) groups excluding carboxylic acids is 1. The van der Waals surface area contributed by atoms with E-state index in [9.17, 15) is 4.79 Å². The summed E-state index contributed by atoms with van der Waals surface area (Å²) in [5.41, 5.74) is 9.26. The second-order valence-electron chi connectivity index (χ2n) is 7.42. The van der Waals surface area contributed by atoms with Gasteiger partial charge in [0.1, 0.15) is 23.6 Å². The van der Waals surface area contributed by atoms with Crippen molar-refractivity contribution in [3.8, 4) is 17.1 Å². The van der Waals surface area contributed by atoms with Crippen LogP contribution in [0.25, 0.3) is 22.3 Å². The Kier molecular flexibility index (Phi) is 5.43. The number of nitrogen functional groups attached to an aromatic ring is 1. The molecule has 5 rings (SSSR count). The highest BCUT2D eigenvalue weighted by molar-refractivity contribution is 6.11. The zero-order valence-corrected chi connectivity index (χ0v) is 17.6. The van der Waals surface area contributed by atoms with E-state index in [-0.39, 0.29) is 17.1 Å². The van der Waals surface area contributed by atoms with E-state index >= 15 is 0 Å². The molecule has 0 spiro atoms. The third-order valence-corrected chi connectivity index (χ3v) is 5.13. The van der Waals surface area contributed by atoms with Gasteiger partial charge in [0.15, 0.2) is 0 Å². The first-order valence-electron chi connectivity index (χ1n) is 10.4. The summed E-state index contributed by atoms with van der Waals surface area (Å²) in [5, 5.41) is 7.81. The molecule has 0 aliphatic heterocycles. The summed E-state index contributed by atoms with van der Waals surface area (Å²) in [4.78, 5) is 17.7. The van der Waals surface area contributed by atoms with E-state index in [1.165, 1.54) is 0 Å². The quantitative estimate of drug-likeness (QED) is 0.374. The molecule has 0 bridgehead atoms. The Morgan fingerprint density at radius 1 is 0.939 bits per heavy atom. The largest absolute Gasteiger partial charge is 0.489 e. The number of fused-ring (bicyclic) bond motifs is 1. The number of rotatable bonds is 6. The van der Waals surface area contributed by atoms with Crippen LogP contribution in [0.5, 0.6) is 5.75 Å². The molecular formula is C26H20N4O3. The number of hydrogen-bond acceptors (Lipinski definition) is 6. The first-order valence-corrected chi connectivity index (χ1v) is 10.4. The third-order valence-electron chi connectivity index (χ3n) is 5.13. The highest BCUT2D eigenvalue weighted by atomic mass is 16.5. The molecule has 0 unspecified atom stereocenters. The van der Waals surface area contributed by atoms with Gasteiger partial charge in [-0.05, 0) is 29.8 Å². The fourth-order valence-corrected chi connectivity index (χ4v) is 3.49. The van der Waals surface area contributed by atoms with Gasteiger partial charge in [-0.25, -0.2) is 4.98 Å². The van der Waals surface area contributed by atoms with Gasteiger partial charge < -0.3 is 20.3 Å². The van der Waals surface area contributed by atoms with E-state index < -0.39 is 5.91 Å². The molecule has 7 heteroatoms. The zero-order chi connectivity index (χ0) is 22.6. The van der Waals surface area contributed by atoms with Crippen LogP contribution in [0, 0.1) is 0 Å². The summed E-state index contributed by atoms with van der Waals surface area (Å²) in [7, 11) is 0. The SMILES string of the molecule is Nc1onc(-c2ccc3ccccc3n2)c1C(=O)Nc1cccc(OCc2ccccc2)c1. The smallest absolute Gasteiger partial charge is 0.263 e. The minimum Gasteiger partial charge on any atom is -0.489 e. The summed E-state index contributed by atoms with van der Waals surface area (Å²) in [5.74, 6) is 0.110. The predicted octanol–water partition coefficient (Wildman–Crippen LogP) is 5.30. The predicted molar refractivity (Wildman–Crippen MR) is 127 cm³/mol. The number of pyridine rings is 1. The van der Waals surface area contributed by atoms with E-state index in [1.807, 2.05) is 66.7 Å². The second kappa shape index (κ2) is 8.84. The summed E-state index contributed by atoms with van der Waals surface area (Å²) in [6, 6.07) is 28.4. The van der Waals surface area contributed by atoms with Crippen molar-refractivity contribution in [3.05, 3.63) is 102 Å². The van der Waals surface area contributed by atoms with Gasteiger partial charge in [0.25, 0.3) is 5.91 Å². The molecule has 3 aromatic carbocycles. The van der Waals surface area contributed by atoms with E-state index in [4.69, 9.17) is 15.0 Å². The number of para-hydroxylation sites is 1. The van der Waals surface area contributed by atoms with Crippen molar-refractivity contribution >= 4 is 28.4 Å². The number of carbonyl (C=O) groups is 1. The van der Waals surface area contributed by atoms with E-state index in [1.54, 1.807) is 24.3 Å². The maximum absolute atomic E-state index is 13.1. The van der Waals surface area contributed by atoms with Crippen LogP contribution in [0.3, 0.4) is 0 Å². The summed E-state index contributed by atoms with van der Waals surface area (Å²) < 4.78 is 11.0. The van der Waals surface area contributed by atoms with Crippen molar-refractivity contribution in [2.75, 3.05) is 11.1 Å². The standard InChI is InChI=1S/C26H20N4O3/c27-25-23(24(30-33-25)22-14-13-18-9-4-5-12-21(18)29-22)26(31)28-19-10-6-11-20(15-19)32-16-17-7-2-1-3-8-17/h1-15H,16,27H2,(H,28,31). The molecule has 0 radical (unpaired) electrons. The van der Waals surface area contributed by atoms with Crippen LogP contribution >= 0.6 is 0 Å². The Balaban J connectivity index is 1.37. The van der Waals surface area contributed by atoms with Crippen molar-refractivity contribution in [2.24, 2.45) is 0 Å². The van der Waals surface area contributed by atoms with Gasteiger partial charge in [-0.15, -0.1) is 0 Å². The van der Waals surface area contributed by atoms with E-state index in [2.05, 4.69) is 15.5 Å². The van der Waals surface area contributed by atoms with Gasteiger partial charge >= 0.3 is 0 Å². The van der Waals surface area contributed by atoms with Gasteiger partial charge in [0.2, 0.25) is 5.88 Å². The van der Waals surface area contributed by atoms with Crippen LogP contribution in [0.15, 0.2) is 95.5 Å². The van der Waals surface area contributed by atoms with Crippen LogP contribution in [-0.2, 0) is 6.61 Å². The number of ether oxygens (including phenoxy) is 1. The van der Waals surface area contributed by atoms with E-state index in [0.717, 1.165) is 16.5 Å². The van der Waals surface area contributed by atoms with Gasteiger partial charge in [0, 0.05) is 17.1 Å². The first kappa shape index (κ1) is 20.3. The summed E-state index contributed by atoms with van der Waals surface area (Å²) >= 11 is 0.